The lowest BCUT2D eigenvalue weighted by molar-refractivity contribution is -0.217. The number of rotatable bonds is 9. The fourth-order valence-electron chi connectivity index (χ4n) is 13.4. The Hall–Kier alpha value is -4.65. The van der Waals surface area contributed by atoms with Crippen molar-refractivity contribution in [3.63, 3.8) is 0 Å². The van der Waals surface area contributed by atoms with Gasteiger partial charge in [0.1, 0.15) is 22.9 Å². The number of nitrogens with one attached hydrogen (secondary N) is 2. The number of amides is 1. The molecule has 3 unspecified atom stereocenters. The molecule has 61 heavy (non-hydrogen) atoms. The molecule has 9 rings (SSSR count). The number of esters is 2. The van der Waals surface area contributed by atoms with Gasteiger partial charge in [0.05, 0.1) is 26.8 Å². The molecule has 1 aliphatic carbocycles. The number of anilines is 1. The van der Waals surface area contributed by atoms with E-state index in [-0.39, 0.29) is 36.3 Å². The Morgan fingerprint density at radius 2 is 1.85 bits per heavy atom. The Kier molecular flexibility index (Phi) is 10.3. The first-order valence-electron chi connectivity index (χ1n) is 22.4. The lowest BCUT2D eigenvalue weighted by atomic mass is 9.47. The van der Waals surface area contributed by atoms with Gasteiger partial charge in [-0.05, 0) is 67.8 Å². The zero-order valence-electron chi connectivity index (χ0n) is 37.1. The number of methoxy groups -OCH3 is 2. The summed E-state index contributed by atoms with van der Waals surface area (Å²) in [5.74, 6) is -0.760. The average Bonchev–Trinajstić information content (AvgIpc) is 3.92. The van der Waals surface area contributed by atoms with Crippen molar-refractivity contribution in [2.75, 3.05) is 65.4 Å². The number of fused-ring (bicyclic) bond motifs is 6. The summed E-state index contributed by atoms with van der Waals surface area (Å²) < 4.78 is 18.8. The summed E-state index contributed by atoms with van der Waals surface area (Å²) in [5.41, 5.74) is 2.31. The lowest BCUT2D eigenvalue weighted by Crippen LogP contribution is -2.81. The van der Waals surface area contributed by atoms with E-state index in [0.29, 0.717) is 31.6 Å². The normalized spacial score (nSPS) is 33.7. The highest BCUT2D eigenvalue weighted by atomic mass is 16.6. The molecule has 12 nitrogen and oxygen atoms in total. The molecule has 2 aromatic carbocycles. The number of nitrogens with zero attached hydrogens (tertiary/aromatic N) is 3. The first kappa shape index (κ1) is 41.7. The van der Waals surface area contributed by atoms with Gasteiger partial charge in [-0.3, -0.25) is 24.2 Å². The number of aromatic amines is 1. The van der Waals surface area contributed by atoms with E-state index in [2.05, 4.69) is 87.4 Å². The molecule has 0 radical (unpaired) electrons. The molecule has 5 aliphatic heterocycles. The van der Waals surface area contributed by atoms with E-state index in [1.165, 1.54) is 19.6 Å². The van der Waals surface area contributed by atoms with Crippen LogP contribution in [-0.4, -0.2) is 122 Å². The lowest BCUT2D eigenvalue weighted by Gasteiger charge is -2.64. The van der Waals surface area contributed by atoms with Crippen molar-refractivity contribution in [2.24, 2.45) is 17.3 Å². The predicted octanol–water partition coefficient (Wildman–Crippen LogP) is 5.40. The molecule has 2 bridgehead atoms. The van der Waals surface area contributed by atoms with E-state index in [0.717, 1.165) is 78.0 Å². The zero-order chi connectivity index (χ0) is 43.2. The van der Waals surface area contributed by atoms with Crippen molar-refractivity contribution in [3.05, 3.63) is 82.6 Å². The minimum Gasteiger partial charge on any atom is -0.496 e. The van der Waals surface area contributed by atoms with E-state index >= 15 is 4.79 Å². The molecular weight excluding hydrogens is 771 g/mol. The van der Waals surface area contributed by atoms with Gasteiger partial charge in [-0.2, -0.15) is 0 Å². The molecule has 2 fully saturated rings. The summed E-state index contributed by atoms with van der Waals surface area (Å²) in [5, 5.41) is 17.9. The molecule has 1 saturated heterocycles. The van der Waals surface area contributed by atoms with Gasteiger partial charge in [-0.25, -0.2) is 0 Å². The summed E-state index contributed by atoms with van der Waals surface area (Å²) in [4.78, 5) is 53.0. The number of aliphatic hydroxyl groups is 1. The highest BCUT2D eigenvalue weighted by molar-refractivity contribution is 5.94. The second-order valence-electron chi connectivity index (χ2n) is 19.0. The molecule has 1 amide bonds. The van der Waals surface area contributed by atoms with Crippen molar-refractivity contribution < 1.29 is 33.7 Å². The number of H-pyrrole nitrogens is 1. The van der Waals surface area contributed by atoms with Crippen LogP contribution in [0.25, 0.3) is 10.9 Å². The topological polar surface area (TPSA) is 137 Å². The molecule has 6 heterocycles. The number of ether oxygens (including phenoxy) is 3. The minimum absolute atomic E-state index is 0.0405. The number of aromatic nitrogens is 1. The van der Waals surface area contributed by atoms with Crippen LogP contribution in [0.4, 0.5) is 5.69 Å². The summed E-state index contributed by atoms with van der Waals surface area (Å²) in [7, 11) is 5.15. The Labute approximate surface area is 359 Å². The van der Waals surface area contributed by atoms with Crippen LogP contribution in [0.5, 0.6) is 5.75 Å². The fraction of sp³-hybridized carbons (Fsp3) is 0.571. The quantitative estimate of drug-likeness (QED) is 0.190. The van der Waals surface area contributed by atoms with Crippen LogP contribution in [0.3, 0.4) is 0 Å². The van der Waals surface area contributed by atoms with Crippen LogP contribution >= 0.6 is 0 Å². The van der Waals surface area contributed by atoms with Crippen LogP contribution in [0, 0.1) is 17.3 Å². The van der Waals surface area contributed by atoms with Crippen molar-refractivity contribution in [1.82, 2.24) is 20.1 Å². The number of hydrogen-bond donors (Lipinski definition) is 3. The standard InChI is InChI=1S/C49H63N5O7/c1-9-31-22-32-25-48(45(57)60-8,40-34(16-20-53(26-31)27-32)33-14-11-12-15-37(33)51-40)36-23-35-38(24-39(36)59-7)52(6)43-47(35)18-21-54-19-13-17-46(10-2,42(47)54)44(61-30(5)55)49(43,58)28-50-41(56)29(3)4/h11-15,17,22-24,29,32,42-44,51,58H,9-10,16,18-21,25-28H2,1-8H3,(H,50,56)/t32-,42?,43+,44+,46+,47+,48-,49?/m0/s1. The maximum absolute atomic E-state index is 15.4. The second kappa shape index (κ2) is 15.0. The molecule has 12 heteroatoms. The molecule has 9 atom stereocenters. The Morgan fingerprint density at radius 1 is 1.07 bits per heavy atom. The van der Waals surface area contributed by atoms with Crippen LogP contribution < -0.4 is 15.0 Å². The van der Waals surface area contributed by atoms with Gasteiger partial charge in [0.15, 0.2) is 0 Å². The molecule has 3 aromatic rings. The van der Waals surface area contributed by atoms with Gasteiger partial charge >= 0.3 is 11.9 Å². The summed E-state index contributed by atoms with van der Waals surface area (Å²) >= 11 is 0. The Balaban J connectivity index is 1.35. The number of likely N-dealkylation sites (N-methyl/N-ethyl adjacent to an activating group) is 1. The summed E-state index contributed by atoms with van der Waals surface area (Å²) in [6, 6.07) is 11.8. The van der Waals surface area contributed by atoms with E-state index in [4.69, 9.17) is 14.2 Å². The molecule has 6 aliphatic rings. The van der Waals surface area contributed by atoms with Crippen molar-refractivity contribution in [3.8, 4) is 5.75 Å². The molecule has 326 valence electrons. The third-order valence-corrected chi connectivity index (χ3v) is 15.7. The molecule has 1 aromatic heterocycles. The number of para-hydroxylation sites is 1. The van der Waals surface area contributed by atoms with Gasteiger partial charge in [-0.15, -0.1) is 0 Å². The highest BCUT2D eigenvalue weighted by Crippen LogP contribution is 2.68. The van der Waals surface area contributed by atoms with Crippen LogP contribution in [0.2, 0.25) is 0 Å². The van der Waals surface area contributed by atoms with E-state index < -0.39 is 40.0 Å². The van der Waals surface area contributed by atoms with Gasteiger partial charge in [0, 0.05) is 96.9 Å². The molecule has 1 spiro atoms. The first-order chi connectivity index (χ1) is 29.2. The first-order valence-corrected chi connectivity index (χ1v) is 22.4. The SMILES string of the molecule is CCC1=C[C@@H]2CN(CCc3c([nH]c4ccccc34)[C@@](C(=O)OC)(c3cc4c(cc3OC)N(C)[C@H]3C(O)(CNC(=O)C(C)C)[C@H](OC(C)=O)[C@]5(CC)C=CCN6CC[C@]43C65)C2)C1. The molecule has 3 N–H and O–H groups in total. The van der Waals surface area contributed by atoms with Crippen LogP contribution in [0.15, 0.2) is 60.2 Å². The fourth-order valence-corrected chi connectivity index (χ4v) is 13.4. The van der Waals surface area contributed by atoms with Crippen LogP contribution in [0.1, 0.15) is 82.7 Å². The van der Waals surface area contributed by atoms with E-state index in [1.54, 1.807) is 7.11 Å². The average molecular weight is 834 g/mol. The minimum atomic E-state index is -1.74. The van der Waals surface area contributed by atoms with Gasteiger partial charge in [-0.1, -0.05) is 69.7 Å². The number of carbonyl (C=O) groups excluding carboxylic acids is 3. The smallest absolute Gasteiger partial charge is 0.322 e. The van der Waals surface area contributed by atoms with Gasteiger partial charge in [0.25, 0.3) is 0 Å². The Bertz CT molecular complexity index is 2340. The van der Waals surface area contributed by atoms with Crippen molar-refractivity contribution in [2.45, 2.75) is 101 Å². The van der Waals surface area contributed by atoms with Crippen LogP contribution in [-0.2, 0) is 41.1 Å². The molecular formula is C49H63N5O7. The maximum atomic E-state index is 15.4. The summed E-state index contributed by atoms with van der Waals surface area (Å²) in [6.07, 6.45) is 9.16. The van der Waals surface area contributed by atoms with Gasteiger partial charge < -0.3 is 34.5 Å². The second-order valence-corrected chi connectivity index (χ2v) is 19.0. The predicted molar refractivity (Wildman–Crippen MR) is 235 cm³/mol. The monoisotopic (exact) mass is 833 g/mol. The van der Waals surface area contributed by atoms with E-state index in [9.17, 15) is 14.7 Å². The van der Waals surface area contributed by atoms with E-state index in [1.807, 2.05) is 27.0 Å². The van der Waals surface area contributed by atoms with Crippen molar-refractivity contribution in [1.29, 1.82) is 0 Å². The highest BCUT2D eigenvalue weighted by Gasteiger charge is 2.78. The largest absolute Gasteiger partial charge is 0.496 e. The number of carbonyl (C=O) groups is 3. The Morgan fingerprint density at radius 3 is 2.56 bits per heavy atom. The number of benzene rings is 2. The third kappa shape index (κ3) is 5.83. The van der Waals surface area contributed by atoms with Gasteiger partial charge in [0.2, 0.25) is 5.91 Å². The number of hydrogen-bond acceptors (Lipinski definition) is 10. The van der Waals surface area contributed by atoms with Crippen molar-refractivity contribution >= 4 is 34.4 Å². The zero-order valence-corrected chi connectivity index (χ0v) is 37.1. The maximum Gasteiger partial charge on any atom is 0.322 e. The summed E-state index contributed by atoms with van der Waals surface area (Å²) in [6.45, 7) is 13.3. The molecule has 1 saturated carbocycles. The third-order valence-electron chi connectivity index (χ3n) is 15.7.